The third kappa shape index (κ3) is 3.59. The highest BCUT2D eigenvalue weighted by atomic mass is 32.2. The van der Waals surface area contributed by atoms with E-state index in [9.17, 15) is 0 Å². The Balaban J connectivity index is 1.21. The Kier molecular flexibility index (Phi) is 5.64. The van der Waals surface area contributed by atoms with Crippen LogP contribution in [0, 0.1) is 0 Å². The number of aromatic amines is 1. The van der Waals surface area contributed by atoms with E-state index >= 15 is 0 Å². The SMILES string of the molecule is CC/C=C\C1=C(C)C(C)(C)c2cc(-c3ccc4c(c3)[nH]c3c5c6c(cc34)Sc3ccccc3N6c3ccccc3S5)ccc21. The lowest BCUT2D eigenvalue weighted by Gasteiger charge is -2.38. The lowest BCUT2D eigenvalue weighted by Crippen LogP contribution is -2.19. The highest BCUT2D eigenvalue weighted by molar-refractivity contribution is 8.01. The van der Waals surface area contributed by atoms with Crippen molar-refractivity contribution in [1.82, 2.24) is 4.98 Å². The van der Waals surface area contributed by atoms with Crippen LogP contribution in [-0.4, -0.2) is 4.98 Å². The average molecular weight is 605 g/mol. The van der Waals surface area contributed by atoms with E-state index in [1.54, 1.807) is 0 Å². The number of H-pyrrole nitrogens is 1. The zero-order valence-corrected chi connectivity index (χ0v) is 26.9. The minimum Gasteiger partial charge on any atom is -0.354 e. The van der Waals surface area contributed by atoms with Gasteiger partial charge in [0.1, 0.15) is 0 Å². The molecule has 2 nitrogen and oxygen atoms in total. The minimum absolute atomic E-state index is 0.0142. The summed E-state index contributed by atoms with van der Waals surface area (Å²) in [5, 5.41) is 2.57. The summed E-state index contributed by atoms with van der Waals surface area (Å²) in [5.74, 6) is 0. The fourth-order valence-corrected chi connectivity index (χ4v) is 9.64. The summed E-state index contributed by atoms with van der Waals surface area (Å²) in [6.45, 7) is 9.22. The standard InChI is InChI=1S/C40H32N2S2/c1-5-6-11-26-23(2)40(3,4)30-20-24(16-18-27(26)30)25-17-19-28-29-22-36-38-39(37(29)41-31(28)21-25)44-35-15-10-8-13-33(35)42(38)32-12-7-9-14-34(32)43-36/h6-22,41H,5H2,1-4H3/b11-6-. The first-order valence-electron chi connectivity index (χ1n) is 15.4. The van der Waals surface area contributed by atoms with E-state index in [1.807, 2.05) is 23.5 Å². The van der Waals surface area contributed by atoms with Gasteiger partial charge in [0.05, 0.1) is 27.5 Å². The van der Waals surface area contributed by atoms with Crippen LogP contribution in [0.1, 0.15) is 45.2 Å². The smallest absolute Gasteiger partial charge is 0.0763 e. The van der Waals surface area contributed by atoms with Gasteiger partial charge in [0.2, 0.25) is 0 Å². The normalized spacial score (nSPS) is 16.0. The second-order valence-electron chi connectivity index (χ2n) is 12.6. The summed E-state index contributed by atoms with van der Waals surface area (Å²) in [6, 6.07) is 34.1. The van der Waals surface area contributed by atoms with Gasteiger partial charge >= 0.3 is 0 Å². The van der Waals surface area contributed by atoms with Gasteiger partial charge in [0, 0.05) is 36.4 Å². The summed E-state index contributed by atoms with van der Waals surface area (Å²) in [4.78, 5) is 11.6. The lowest BCUT2D eigenvalue weighted by molar-refractivity contribution is 0.639. The molecule has 3 aliphatic rings. The number of hydrogen-bond donors (Lipinski definition) is 1. The van der Waals surface area contributed by atoms with Crippen LogP contribution in [0.15, 0.2) is 128 Å². The van der Waals surface area contributed by atoms with Crippen LogP contribution in [0.4, 0.5) is 17.1 Å². The van der Waals surface area contributed by atoms with E-state index < -0.39 is 0 Å². The Morgan fingerprint density at radius 2 is 1.48 bits per heavy atom. The first-order chi connectivity index (χ1) is 21.4. The number of nitrogens with zero attached hydrogens (tertiary/aromatic N) is 1. The molecule has 4 heteroatoms. The Hall–Kier alpha value is -4.12. The zero-order chi connectivity index (χ0) is 29.7. The second-order valence-corrected chi connectivity index (χ2v) is 14.7. The number of anilines is 3. The van der Waals surface area contributed by atoms with Crippen LogP contribution in [-0.2, 0) is 5.41 Å². The van der Waals surface area contributed by atoms with Gasteiger partial charge in [0.25, 0.3) is 0 Å². The highest BCUT2D eigenvalue weighted by Gasteiger charge is 2.36. The molecule has 0 fully saturated rings. The maximum atomic E-state index is 3.90. The topological polar surface area (TPSA) is 19.0 Å². The molecule has 1 N–H and O–H groups in total. The van der Waals surface area contributed by atoms with Crippen LogP contribution in [0.5, 0.6) is 0 Å². The molecule has 3 heterocycles. The van der Waals surface area contributed by atoms with Crippen LogP contribution in [0.2, 0.25) is 0 Å². The summed E-state index contributed by atoms with van der Waals surface area (Å²) in [7, 11) is 0. The van der Waals surface area contributed by atoms with Crippen molar-refractivity contribution < 1.29 is 0 Å². The second kappa shape index (κ2) is 9.44. The number of benzene rings is 5. The first-order valence-corrected chi connectivity index (χ1v) is 17.1. The Labute approximate surface area is 266 Å². The Bertz CT molecular complexity index is 2250. The van der Waals surface area contributed by atoms with E-state index in [-0.39, 0.29) is 5.41 Å². The summed E-state index contributed by atoms with van der Waals surface area (Å²) in [5.41, 5.74) is 14.4. The van der Waals surface area contributed by atoms with Gasteiger partial charge in [0.15, 0.2) is 0 Å². The third-order valence-electron chi connectivity index (χ3n) is 9.84. The van der Waals surface area contributed by atoms with Crippen molar-refractivity contribution in [2.75, 3.05) is 4.90 Å². The highest BCUT2D eigenvalue weighted by Crippen LogP contribution is 2.62. The zero-order valence-electron chi connectivity index (χ0n) is 25.3. The van der Waals surface area contributed by atoms with Crippen LogP contribution in [0.3, 0.4) is 0 Å². The van der Waals surface area contributed by atoms with E-state index in [0.717, 1.165) is 6.42 Å². The fourth-order valence-electron chi connectivity index (χ4n) is 7.27. The Morgan fingerprint density at radius 3 is 2.25 bits per heavy atom. The van der Waals surface area contributed by atoms with Crippen molar-refractivity contribution in [2.45, 2.75) is 59.1 Å². The van der Waals surface area contributed by atoms with Crippen molar-refractivity contribution in [2.24, 2.45) is 0 Å². The van der Waals surface area contributed by atoms with Crippen LogP contribution in [0.25, 0.3) is 38.5 Å². The van der Waals surface area contributed by atoms with Crippen molar-refractivity contribution >= 4 is 68.0 Å². The molecular weight excluding hydrogens is 573 g/mol. The molecule has 0 saturated carbocycles. The monoisotopic (exact) mass is 604 g/mol. The van der Waals surface area contributed by atoms with Gasteiger partial charge in [-0.1, -0.05) is 111 Å². The predicted octanol–water partition coefficient (Wildman–Crippen LogP) is 12.4. The van der Waals surface area contributed by atoms with Gasteiger partial charge in [-0.15, -0.1) is 0 Å². The number of allylic oxidation sites excluding steroid dienone is 4. The number of nitrogens with one attached hydrogen (secondary N) is 1. The quantitative estimate of drug-likeness (QED) is 0.216. The fraction of sp³-hybridized carbons (Fsp3) is 0.150. The molecule has 2 aliphatic heterocycles. The average Bonchev–Trinajstić information content (AvgIpc) is 3.50. The predicted molar refractivity (Wildman–Crippen MR) is 189 cm³/mol. The molecule has 0 saturated heterocycles. The molecule has 0 amide bonds. The number of hydrogen-bond acceptors (Lipinski definition) is 3. The van der Waals surface area contributed by atoms with E-state index in [4.69, 9.17) is 0 Å². The molecule has 0 spiro atoms. The maximum Gasteiger partial charge on any atom is 0.0763 e. The molecule has 1 aromatic heterocycles. The van der Waals surface area contributed by atoms with Crippen molar-refractivity contribution in [3.63, 3.8) is 0 Å². The number of aromatic nitrogens is 1. The molecule has 9 rings (SSSR count). The molecule has 0 unspecified atom stereocenters. The van der Waals surface area contributed by atoms with Crippen LogP contribution < -0.4 is 4.90 Å². The molecule has 0 bridgehead atoms. The summed E-state index contributed by atoms with van der Waals surface area (Å²) < 4.78 is 0. The molecule has 6 aromatic rings. The summed E-state index contributed by atoms with van der Waals surface area (Å²) in [6.07, 6.45) is 5.65. The van der Waals surface area contributed by atoms with E-state index in [2.05, 4.69) is 141 Å². The maximum absolute atomic E-state index is 3.90. The molecular formula is C40H32N2S2. The number of rotatable bonds is 3. The van der Waals surface area contributed by atoms with Crippen molar-refractivity contribution in [3.05, 3.63) is 120 Å². The largest absolute Gasteiger partial charge is 0.354 e. The molecule has 1 aliphatic carbocycles. The minimum atomic E-state index is 0.0142. The molecule has 0 radical (unpaired) electrons. The molecule has 0 atom stereocenters. The Morgan fingerprint density at radius 1 is 0.773 bits per heavy atom. The summed E-state index contributed by atoms with van der Waals surface area (Å²) >= 11 is 3.78. The van der Waals surface area contributed by atoms with Gasteiger partial charge in [-0.25, -0.2) is 0 Å². The molecule has 5 aromatic carbocycles. The van der Waals surface area contributed by atoms with Crippen LogP contribution >= 0.6 is 23.5 Å². The first kappa shape index (κ1) is 26.3. The van der Waals surface area contributed by atoms with Gasteiger partial charge in [-0.05, 0) is 83.6 Å². The van der Waals surface area contributed by atoms with Gasteiger partial charge in [-0.3, -0.25) is 0 Å². The third-order valence-corrected chi connectivity index (χ3v) is 12.1. The van der Waals surface area contributed by atoms with Crippen molar-refractivity contribution in [3.8, 4) is 11.1 Å². The number of para-hydroxylation sites is 2. The van der Waals surface area contributed by atoms with E-state index in [1.165, 1.54) is 91.8 Å². The van der Waals surface area contributed by atoms with Gasteiger partial charge < -0.3 is 9.88 Å². The van der Waals surface area contributed by atoms with E-state index in [0.29, 0.717) is 0 Å². The molecule has 44 heavy (non-hydrogen) atoms. The lowest BCUT2D eigenvalue weighted by atomic mass is 9.81. The molecule has 214 valence electrons. The van der Waals surface area contributed by atoms with Crippen molar-refractivity contribution in [1.29, 1.82) is 0 Å². The van der Waals surface area contributed by atoms with Gasteiger partial charge in [-0.2, -0.15) is 0 Å². The number of fused-ring (bicyclic) bond motifs is 9.